The van der Waals surface area contributed by atoms with E-state index >= 15 is 0 Å². The van der Waals surface area contributed by atoms with Crippen molar-refractivity contribution in [3.63, 3.8) is 0 Å². The number of aryl methyl sites for hydroxylation is 1. The lowest BCUT2D eigenvalue weighted by molar-refractivity contribution is -0.121. The fraction of sp³-hybridized carbons (Fsp3) is 0.129. The molecular weight excluding hydrogens is 597 g/mol. The third-order valence-electron chi connectivity index (χ3n) is 7.72. The van der Waals surface area contributed by atoms with E-state index < -0.39 is 34.6 Å². The number of hydrogen-bond donors (Lipinski definition) is 0. The fourth-order valence-electron chi connectivity index (χ4n) is 5.85. The summed E-state index contributed by atoms with van der Waals surface area (Å²) in [5.41, 5.74) is -1.46. The summed E-state index contributed by atoms with van der Waals surface area (Å²) >= 11 is 7.32. The molecule has 3 aromatic carbocycles. The highest BCUT2D eigenvalue weighted by Gasteiger charge is 2.66. The first kappa shape index (κ1) is 27.0. The van der Waals surface area contributed by atoms with Gasteiger partial charge in [0.15, 0.2) is 16.1 Å². The first-order valence-electron chi connectivity index (χ1n) is 13.0. The van der Waals surface area contributed by atoms with Gasteiger partial charge in [0.1, 0.15) is 16.3 Å². The average molecular weight is 616 g/mol. The summed E-state index contributed by atoms with van der Waals surface area (Å²) in [4.78, 5) is 63.2. The van der Waals surface area contributed by atoms with E-state index in [0.29, 0.717) is 21.8 Å². The van der Waals surface area contributed by atoms with Gasteiger partial charge in [-0.2, -0.15) is 0 Å². The summed E-state index contributed by atoms with van der Waals surface area (Å²) in [6.45, 7) is 1.59. The molecule has 4 heterocycles. The van der Waals surface area contributed by atoms with Crippen LogP contribution in [0.4, 0.5) is 15.2 Å². The number of nitrogens with zero attached hydrogens (tertiary/aromatic N) is 3. The Morgan fingerprint density at radius 2 is 1.84 bits per heavy atom. The second kappa shape index (κ2) is 9.58. The smallest absolute Gasteiger partial charge is 0.350 e. The van der Waals surface area contributed by atoms with Gasteiger partial charge in [0.25, 0.3) is 11.8 Å². The molecule has 2 aromatic heterocycles. The summed E-state index contributed by atoms with van der Waals surface area (Å²) in [5, 5.41) is 0.271. The molecule has 43 heavy (non-hydrogen) atoms. The van der Waals surface area contributed by atoms with Crippen LogP contribution in [0.2, 0.25) is 5.02 Å². The lowest BCUT2D eigenvalue weighted by Crippen LogP contribution is -2.53. The van der Waals surface area contributed by atoms with Gasteiger partial charge in [-0.15, -0.1) is 0 Å². The normalized spacial score (nSPS) is 17.2. The van der Waals surface area contributed by atoms with Crippen molar-refractivity contribution in [3.05, 3.63) is 121 Å². The van der Waals surface area contributed by atoms with Gasteiger partial charge in [-0.05, 0) is 42.8 Å². The number of esters is 1. The summed E-state index contributed by atoms with van der Waals surface area (Å²) in [6.07, 6.45) is 0. The largest absolute Gasteiger partial charge is 0.465 e. The third-order valence-corrected chi connectivity index (χ3v) is 9.21. The molecule has 1 unspecified atom stereocenters. The van der Waals surface area contributed by atoms with Crippen LogP contribution < -0.4 is 15.2 Å². The SMILES string of the molecule is COC(=O)c1sc(N2C(=O)c3oc4ccc(F)cc4c(=O)c3C23C(=O)N(Cc2ccccc2Cl)c2ccccc23)nc1C. The molecule has 0 N–H and O–H groups in total. The van der Waals surface area contributed by atoms with Crippen LogP contribution in [0.15, 0.2) is 75.9 Å². The molecule has 0 fully saturated rings. The zero-order chi connectivity index (χ0) is 30.2. The number of rotatable bonds is 4. The Morgan fingerprint density at radius 1 is 1.09 bits per heavy atom. The fourth-order valence-corrected chi connectivity index (χ4v) is 7.08. The van der Waals surface area contributed by atoms with E-state index in [2.05, 4.69) is 4.98 Å². The summed E-state index contributed by atoms with van der Waals surface area (Å²) in [6, 6.07) is 17.2. The lowest BCUT2D eigenvalue weighted by Gasteiger charge is -2.32. The molecule has 214 valence electrons. The number of aromatic nitrogens is 1. The zero-order valence-corrected chi connectivity index (χ0v) is 24.1. The minimum absolute atomic E-state index is 0.0203. The second-order valence-corrected chi connectivity index (χ2v) is 11.4. The van der Waals surface area contributed by atoms with E-state index in [1.807, 2.05) is 0 Å². The number of hydrogen-bond acceptors (Lipinski definition) is 8. The maximum Gasteiger partial charge on any atom is 0.350 e. The molecule has 12 heteroatoms. The van der Waals surface area contributed by atoms with Crippen LogP contribution in [0.1, 0.15) is 42.6 Å². The lowest BCUT2D eigenvalue weighted by atomic mass is 9.84. The van der Waals surface area contributed by atoms with E-state index in [-0.39, 0.29) is 44.5 Å². The van der Waals surface area contributed by atoms with Gasteiger partial charge in [-0.1, -0.05) is 59.3 Å². The summed E-state index contributed by atoms with van der Waals surface area (Å²) < 4.78 is 25.2. The molecule has 1 spiro atoms. The van der Waals surface area contributed by atoms with Crippen molar-refractivity contribution in [3.8, 4) is 0 Å². The number of ether oxygens (including phenoxy) is 1. The van der Waals surface area contributed by atoms with E-state index in [1.165, 1.54) is 18.1 Å². The van der Waals surface area contributed by atoms with Crippen molar-refractivity contribution < 1.29 is 27.9 Å². The van der Waals surface area contributed by atoms with Gasteiger partial charge >= 0.3 is 5.97 Å². The molecule has 2 aliphatic heterocycles. The maximum absolute atomic E-state index is 15.0. The molecule has 0 saturated carbocycles. The number of halogens is 2. The minimum atomic E-state index is -2.08. The number of amides is 2. The van der Waals surface area contributed by atoms with Crippen LogP contribution in [0.3, 0.4) is 0 Å². The molecule has 7 rings (SSSR count). The average Bonchev–Trinajstić information content (AvgIpc) is 3.59. The molecule has 5 aromatic rings. The standard InChI is InChI=1S/C31H19ClFN3O6S/c1-15-26(28(39)41-2)43-30(34-15)36-27(38)25-23(24(37)18-13-17(33)11-12-22(18)42-25)31(36)19-8-4-6-10-21(19)35(29(31)40)14-16-7-3-5-9-20(16)32/h3-13H,14H2,1-2H3. The van der Waals surface area contributed by atoms with Crippen LogP contribution in [-0.2, 0) is 21.6 Å². The third kappa shape index (κ3) is 3.64. The number of para-hydroxylation sites is 1. The molecule has 0 bridgehead atoms. The van der Waals surface area contributed by atoms with Crippen molar-refractivity contribution in [2.24, 2.45) is 0 Å². The monoisotopic (exact) mass is 615 g/mol. The van der Waals surface area contributed by atoms with Crippen LogP contribution in [-0.4, -0.2) is 29.9 Å². The Morgan fingerprint density at radius 3 is 2.60 bits per heavy atom. The highest BCUT2D eigenvalue weighted by atomic mass is 35.5. The van der Waals surface area contributed by atoms with E-state index in [9.17, 15) is 23.6 Å². The molecule has 2 aliphatic rings. The Bertz CT molecular complexity index is 2110. The van der Waals surface area contributed by atoms with Crippen LogP contribution >= 0.6 is 22.9 Å². The number of carbonyl (C=O) groups is 3. The van der Waals surface area contributed by atoms with Gasteiger partial charge in [-0.25, -0.2) is 14.2 Å². The number of anilines is 2. The van der Waals surface area contributed by atoms with Crippen LogP contribution in [0.25, 0.3) is 11.0 Å². The molecule has 1 atom stereocenters. The predicted octanol–water partition coefficient (Wildman–Crippen LogP) is 5.59. The highest BCUT2D eigenvalue weighted by Crippen LogP contribution is 2.55. The maximum atomic E-state index is 15.0. The van der Waals surface area contributed by atoms with Crippen molar-refractivity contribution in [2.45, 2.75) is 19.0 Å². The minimum Gasteiger partial charge on any atom is -0.465 e. The quantitative estimate of drug-likeness (QED) is 0.243. The zero-order valence-electron chi connectivity index (χ0n) is 22.5. The molecule has 9 nitrogen and oxygen atoms in total. The van der Waals surface area contributed by atoms with E-state index in [4.69, 9.17) is 20.8 Å². The Hall–Kier alpha value is -4.87. The van der Waals surface area contributed by atoms with Crippen molar-refractivity contribution in [1.29, 1.82) is 0 Å². The highest BCUT2D eigenvalue weighted by molar-refractivity contribution is 7.17. The number of carbonyl (C=O) groups excluding carboxylic acids is 3. The first-order chi connectivity index (χ1) is 20.7. The van der Waals surface area contributed by atoms with Crippen molar-refractivity contribution >= 4 is 62.5 Å². The van der Waals surface area contributed by atoms with Crippen molar-refractivity contribution in [2.75, 3.05) is 16.9 Å². The Balaban J connectivity index is 1.56. The van der Waals surface area contributed by atoms with Gasteiger partial charge in [-0.3, -0.25) is 19.3 Å². The molecule has 0 radical (unpaired) electrons. The number of methoxy groups -OCH3 is 1. The van der Waals surface area contributed by atoms with E-state index in [0.717, 1.165) is 28.4 Å². The predicted molar refractivity (Wildman–Crippen MR) is 157 cm³/mol. The second-order valence-electron chi connectivity index (χ2n) is 10.0. The van der Waals surface area contributed by atoms with Gasteiger partial charge in [0.2, 0.25) is 5.76 Å². The van der Waals surface area contributed by atoms with Crippen LogP contribution in [0.5, 0.6) is 0 Å². The summed E-state index contributed by atoms with van der Waals surface area (Å²) in [5.74, 6) is -3.19. The van der Waals surface area contributed by atoms with Gasteiger partial charge in [0, 0.05) is 10.6 Å². The Kier molecular flexibility index (Phi) is 6.01. The summed E-state index contributed by atoms with van der Waals surface area (Å²) in [7, 11) is 1.22. The number of thiazole rings is 1. The first-order valence-corrected chi connectivity index (χ1v) is 14.2. The molecule has 2 amide bonds. The number of fused-ring (bicyclic) bond motifs is 5. The van der Waals surface area contributed by atoms with Gasteiger partial charge in [0.05, 0.1) is 36.0 Å². The topological polar surface area (TPSA) is 110 Å². The molecule has 0 aliphatic carbocycles. The number of benzene rings is 3. The Labute approximate surface area is 251 Å². The molecule has 0 saturated heterocycles. The van der Waals surface area contributed by atoms with Gasteiger partial charge < -0.3 is 14.1 Å². The van der Waals surface area contributed by atoms with Crippen molar-refractivity contribution in [1.82, 2.24) is 4.98 Å². The van der Waals surface area contributed by atoms with E-state index in [1.54, 1.807) is 55.5 Å². The molecular formula is C31H19ClFN3O6S. The van der Waals surface area contributed by atoms with Crippen LogP contribution in [0, 0.1) is 12.7 Å².